The normalized spacial score (nSPS) is 27.5. The third kappa shape index (κ3) is 3.82. The summed E-state index contributed by atoms with van der Waals surface area (Å²) in [5.74, 6) is 2.72. The summed E-state index contributed by atoms with van der Waals surface area (Å²) in [6.07, 6.45) is 5.52. The van der Waals surface area contributed by atoms with E-state index in [1.165, 1.54) is 42.6 Å². The van der Waals surface area contributed by atoms with Crippen molar-refractivity contribution in [2.24, 2.45) is 10.9 Å². The molecule has 1 heterocycles. The standard InChI is InChI=1S/C18H26N2S/c1-13(2)15-9-7-14(8-10-15)11-19-18-20-17-6-4-3-5-16(17)12-21-18/h7-10,13,16-17H,3-6,11-12H2,1-2H3,(H,19,20). The van der Waals surface area contributed by atoms with Crippen LogP contribution in [0.1, 0.15) is 56.6 Å². The summed E-state index contributed by atoms with van der Waals surface area (Å²) in [4.78, 5) is 4.79. The molecule has 0 aromatic heterocycles. The van der Waals surface area contributed by atoms with E-state index in [9.17, 15) is 0 Å². The fourth-order valence-corrected chi connectivity index (χ4v) is 4.41. The minimum Gasteiger partial charge on any atom is -0.362 e. The highest BCUT2D eigenvalue weighted by Gasteiger charge is 2.29. The number of hydrogen-bond donors (Lipinski definition) is 1. The van der Waals surface area contributed by atoms with Gasteiger partial charge in [-0.3, -0.25) is 4.99 Å². The second kappa shape index (κ2) is 6.87. The van der Waals surface area contributed by atoms with Crippen molar-refractivity contribution in [3.8, 4) is 0 Å². The highest BCUT2D eigenvalue weighted by Crippen LogP contribution is 2.31. The lowest BCUT2D eigenvalue weighted by molar-refractivity contribution is 0.311. The van der Waals surface area contributed by atoms with Crippen molar-refractivity contribution >= 4 is 16.9 Å². The molecule has 0 amide bonds. The SMILES string of the molecule is CC(C)c1ccc(CN=C2NC3CCCCC3CS2)cc1. The summed E-state index contributed by atoms with van der Waals surface area (Å²) in [5, 5.41) is 4.83. The van der Waals surface area contributed by atoms with E-state index in [0.29, 0.717) is 12.0 Å². The van der Waals surface area contributed by atoms with Gasteiger partial charge in [-0.1, -0.05) is 62.7 Å². The number of fused-ring (bicyclic) bond motifs is 1. The molecule has 1 aromatic rings. The number of rotatable bonds is 3. The van der Waals surface area contributed by atoms with Crippen LogP contribution in [0.3, 0.4) is 0 Å². The Kier molecular flexibility index (Phi) is 4.89. The van der Waals surface area contributed by atoms with Crippen LogP contribution in [-0.4, -0.2) is 17.0 Å². The number of nitrogens with one attached hydrogen (secondary N) is 1. The molecule has 1 saturated carbocycles. The average Bonchev–Trinajstić information content (AvgIpc) is 2.53. The summed E-state index contributed by atoms with van der Waals surface area (Å²) in [6, 6.07) is 9.59. The van der Waals surface area contributed by atoms with E-state index in [0.717, 1.165) is 17.6 Å². The zero-order valence-corrected chi connectivity index (χ0v) is 14.0. The Morgan fingerprint density at radius 2 is 1.95 bits per heavy atom. The Morgan fingerprint density at radius 3 is 2.71 bits per heavy atom. The molecule has 2 unspecified atom stereocenters. The predicted molar refractivity (Wildman–Crippen MR) is 93.0 cm³/mol. The van der Waals surface area contributed by atoms with Gasteiger partial charge in [-0.25, -0.2) is 0 Å². The quantitative estimate of drug-likeness (QED) is 0.885. The minimum atomic E-state index is 0.601. The van der Waals surface area contributed by atoms with E-state index >= 15 is 0 Å². The van der Waals surface area contributed by atoms with Crippen LogP contribution < -0.4 is 5.32 Å². The molecular weight excluding hydrogens is 276 g/mol. The third-order valence-corrected chi connectivity index (χ3v) is 5.82. The van der Waals surface area contributed by atoms with Crippen LogP contribution in [-0.2, 0) is 6.54 Å². The zero-order valence-electron chi connectivity index (χ0n) is 13.1. The fourth-order valence-electron chi connectivity index (χ4n) is 3.25. The molecule has 3 heteroatoms. The average molecular weight is 302 g/mol. The summed E-state index contributed by atoms with van der Waals surface area (Å²) < 4.78 is 0. The van der Waals surface area contributed by atoms with Gasteiger partial charge in [0.2, 0.25) is 0 Å². The number of aliphatic imine (C=N–C) groups is 1. The highest BCUT2D eigenvalue weighted by molar-refractivity contribution is 8.13. The van der Waals surface area contributed by atoms with Crippen LogP contribution in [0.25, 0.3) is 0 Å². The summed E-state index contributed by atoms with van der Waals surface area (Å²) in [7, 11) is 0. The van der Waals surface area contributed by atoms with Gasteiger partial charge in [0.1, 0.15) is 0 Å². The fraction of sp³-hybridized carbons (Fsp3) is 0.611. The van der Waals surface area contributed by atoms with Crippen LogP contribution in [0.5, 0.6) is 0 Å². The van der Waals surface area contributed by atoms with E-state index in [4.69, 9.17) is 4.99 Å². The summed E-state index contributed by atoms with van der Waals surface area (Å²) >= 11 is 1.92. The number of hydrogen-bond acceptors (Lipinski definition) is 2. The van der Waals surface area contributed by atoms with Crippen molar-refractivity contribution in [3.63, 3.8) is 0 Å². The topological polar surface area (TPSA) is 24.4 Å². The van der Waals surface area contributed by atoms with Gasteiger partial charge in [-0.05, 0) is 35.8 Å². The zero-order chi connectivity index (χ0) is 14.7. The maximum absolute atomic E-state index is 4.79. The first kappa shape index (κ1) is 15.0. The molecule has 0 spiro atoms. The molecule has 1 N–H and O–H groups in total. The lowest BCUT2D eigenvalue weighted by Crippen LogP contribution is -2.46. The molecule has 2 atom stereocenters. The Morgan fingerprint density at radius 1 is 1.19 bits per heavy atom. The maximum Gasteiger partial charge on any atom is 0.157 e. The Hall–Kier alpha value is -0.960. The molecular formula is C18H26N2S. The maximum atomic E-state index is 4.79. The van der Waals surface area contributed by atoms with Gasteiger partial charge in [0.25, 0.3) is 0 Å². The first-order chi connectivity index (χ1) is 10.2. The second-order valence-corrected chi connectivity index (χ2v) is 7.63. The third-order valence-electron chi connectivity index (χ3n) is 4.70. The molecule has 0 bridgehead atoms. The summed E-state index contributed by atoms with van der Waals surface area (Å²) in [6.45, 7) is 5.27. The van der Waals surface area contributed by atoms with Crippen molar-refractivity contribution in [2.45, 2.75) is 58.0 Å². The first-order valence-corrected chi connectivity index (χ1v) is 9.23. The molecule has 2 fully saturated rings. The smallest absolute Gasteiger partial charge is 0.157 e. The van der Waals surface area contributed by atoms with Crippen LogP contribution in [0.15, 0.2) is 29.3 Å². The molecule has 2 aliphatic rings. The van der Waals surface area contributed by atoms with Crippen LogP contribution in [0, 0.1) is 5.92 Å². The summed E-state index contributed by atoms with van der Waals surface area (Å²) in [5.41, 5.74) is 2.71. The second-order valence-electron chi connectivity index (χ2n) is 6.62. The molecule has 1 aromatic carbocycles. The predicted octanol–water partition coefficient (Wildman–Crippen LogP) is 4.56. The van der Waals surface area contributed by atoms with Gasteiger partial charge in [0.05, 0.1) is 6.54 Å². The molecule has 114 valence electrons. The van der Waals surface area contributed by atoms with Gasteiger partial charge >= 0.3 is 0 Å². The Bertz CT molecular complexity index is 492. The molecule has 3 rings (SSSR count). The number of benzene rings is 1. The molecule has 2 nitrogen and oxygen atoms in total. The molecule has 1 aliphatic carbocycles. The molecule has 0 radical (unpaired) electrons. The first-order valence-electron chi connectivity index (χ1n) is 8.25. The van der Waals surface area contributed by atoms with Gasteiger partial charge in [0, 0.05) is 11.8 Å². The Labute approximate surface area is 132 Å². The molecule has 1 aliphatic heterocycles. The van der Waals surface area contributed by atoms with Gasteiger partial charge < -0.3 is 5.32 Å². The Balaban J connectivity index is 1.58. The molecule has 21 heavy (non-hydrogen) atoms. The molecule has 1 saturated heterocycles. The monoisotopic (exact) mass is 302 g/mol. The number of amidine groups is 1. The van der Waals surface area contributed by atoms with Crippen LogP contribution in [0.2, 0.25) is 0 Å². The van der Waals surface area contributed by atoms with E-state index in [-0.39, 0.29) is 0 Å². The van der Waals surface area contributed by atoms with Crippen molar-refractivity contribution in [1.29, 1.82) is 0 Å². The minimum absolute atomic E-state index is 0.601. The van der Waals surface area contributed by atoms with E-state index in [2.05, 4.69) is 43.4 Å². The van der Waals surface area contributed by atoms with Gasteiger partial charge in [-0.2, -0.15) is 0 Å². The van der Waals surface area contributed by atoms with Crippen molar-refractivity contribution < 1.29 is 0 Å². The van der Waals surface area contributed by atoms with Gasteiger partial charge in [-0.15, -0.1) is 0 Å². The lowest BCUT2D eigenvalue weighted by atomic mass is 9.86. The highest BCUT2D eigenvalue weighted by atomic mass is 32.2. The van der Waals surface area contributed by atoms with E-state index < -0.39 is 0 Å². The van der Waals surface area contributed by atoms with E-state index in [1.807, 2.05) is 11.8 Å². The van der Waals surface area contributed by atoms with Crippen LogP contribution in [0.4, 0.5) is 0 Å². The lowest BCUT2D eigenvalue weighted by Gasteiger charge is -2.36. The van der Waals surface area contributed by atoms with Crippen molar-refractivity contribution in [1.82, 2.24) is 5.32 Å². The number of thioether (sulfide) groups is 1. The largest absolute Gasteiger partial charge is 0.362 e. The van der Waals surface area contributed by atoms with Crippen LogP contribution >= 0.6 is 11.8 Å². The van der Waals surface area contributed by atoms with E-state index in [1.54, 1.807) is 0 Å². The van der Waals surface area contributed by atoms with Gasteiger partial charge in [0.15, 0.2) is 5.17 Å². The van der Waals surface area contributed by atoms with Crippen molar-refractivity contribution in [2.75, 3.05) is 5.75 Å². The van der Waals surface area contributed by atoms with Crippen molar-refractivity contribution in [3.05, 3.63) is 35.4 Å². The number of nitrogens with zero attached hydrogens (tertiary/aromatic N) is 1.